The van der Waals surface area contributed by atoms with Gasteiger partial charge in [-0.15, -0.1) is 0 Å². The summed E-state index contributed by atoms with van der Waals surface area (Å²) in [5, 5.41) is 3.05. The van der Waals surface area contributed by atoms with Gasteiger partial charge in [0.1, 0.15) is 5.82 Å². The number of hydrogen-bond acceptors (Lipinski definition) is 4. The Balaban J connectivity index is 2.00. The standard InChI is InChI=1S/C16H26N4O/c1-4-5-8-17-16(21)14-7-6-9-20(11-14)15-13(3)18-10-12(2)19-15/h10,14H,4-9,11H2,1-3H3,(H,17,21). The second kappa shape index (κ2) is 7.38. The first kappa shape index (κ1) is 15.7. The Morgan fingerprint density at radius 2 is 2.29 bits per heavy atom. The van der Waals surface area contributed by atoms with Crippen molar-refractivity contribution in [2.45, 2.75) is 46.5 Å². The summed E-state index contributed by atoms with van der Waals surface area (Å²) >= 11 is 0. The number of piperidine rings is 1. The average molecular weight is 290 g/mol. The molecular weight excluding hydrogens is 264 g/mol. The number of unbranched alkanes of at least 4 members (excludes halogenated alkanes) is 1. The summed E-state index contributed by atoms with van der Waals surface area (Å²) in [6, 6.07) is 0. The molecule has 2 heterocycles. The molecule has 0 bridgehead atoms. The van der Waals surface area contributed by atoms with Crippen molar-refractivity contribution in [2.75, 3.05) is 24.5 Å². The van der Waals surface area contributed by atoms with Gasteiger partial charge in [-0.05, 0) is 33.1 Å². The van der Waals surface area contributed by atoms with Crippen molar-refractivity contribution in [3.8, 4) is 0 Å². The quantitative estimate of drug-likeness (QED) is 0.845. The molecule has 0 radical (unpaired) electrons. The Kier molecular flexibility index (Phi) is 5.53. The molecule has 0 saturated carbocycles. The Bertz CT molecular complexity index is 489. The highest BCUT2D eigenvalue weighted by atomic mass is 16.1. The van der Waals surface area contributed by atoms with Crippen molar-refractivity contribution in [1.82, 2.24) is 15.3 Å². The lowest BCUT2D eigenvalue weighted by atomic mass is 9.97. The summed E-state index contributed by atoms with van der Waals surface area (Å²) in [6.45, 7) is 8.55. The molecule has 1 amide bonds. The van der Waals surface area contributed by atoms with Crippen molar-refractivity contribution in [2.24, 2.45) is 5.92 Å². The van der Waals surface area contributed by atoms with Gasteiger partial charge in [0.15, 0.2) is 0 Å². The minimum absolute atomic E-state index is 0.0670. The Labute approximate surface area is 127 Å². The maximum Gasteiger partial charge on any atom is 0.224 e. The van der Waals surface area contributed by atoms with Crippen LogP contribution < -0.4 is 10.2 Å². The number of rotatable bonds is 5. The molecule has 2 rings (SSSR count). The maximum absolute atomic E-state index is 12.2. The first-order valence-electron chi connectivity index (χ1n) is 7.94. The number of hydrogen-bond donors (Lipinski definition) is 1. The summed E-state index contributed by atoms with van der Waals surface area (Å²) in [4.78, 5) is 23.4. The smallest absolute Gasteiger partial charge is 0.224 e. The van der Waals surface area contributed by atoms with E-state index in [4.69, 9.17) is 0 Å². The Hall–Kier alpha value is -1.65. The van der Waals surface area contributed by atoms with Crippen LogP contribution in [0.4, 0.5) is 5.82 Å². The molecule has 1 aromatic rings. The number of carbonyl (C=O) groups is 1. The van der Waals surface area contributed by atoms with Crippen LogP contribution in [0.2, 0.25) is 0 Å². The highest BCUT2D eigenvalue weighted by Gasteiger charge is 2.27. The van der Waals surface area contributed by atoms with Crippen molar-refractivity contribution in [3.63, 3.8) is 0 Å². The topological polar surface area (TPSA) is 58.1 Å². The van der Waals surface area contributed by atoms with E-state index in [-0.39, 0.29) is 11.8 Å². The largest absolute Gasteiger partial charge is 0.356 e. The molecule has 1 saturated heterocycles. The van der Waals surface area contributed by atoms with Gasteiger partial charge in [-0.3, -0.25) is 9.78 Å². The molecule has 1 aliphatic rings. The highest BCUT2D eigenvalue weighted by molar-refractivity contribution is 5.79. The fraction of sp³-hybridized carbons (Fsp3) is 0.688. The number of nitrogens with zero attached hydrogens (tertiary/aromatic N) is 3. The van der Waals surface area contributed by atoms with Crippen LogP contribution in [0.25, 0.3) is 0 Å². The summed E-state index contributed by atoms with van der Waals surface area (Å²) < 4.78 is 0. The van der Waals surface area contributed by atoms with Crippen LogP contribution >= 0.6 is 0 Å². The van der Waals surface area contributed by atoms with E-state index in [2.05, 4.69) is 27.1 Å². The van der Waals surface area contributed by atoms with E-state index in [1.165, 1.54) is 0 Å². The summed E-state index contributed by atoms with van der Waals surface area (Å²) in [7, 11) is 0. The van der Waals surface area contributed by atoms with E-state index < -0.39 is 0 Å². The molecule has 1 aliphatic heterocycles. The van der Waals surface area contributed by atoms with Gasteiger partial charge in [0.25, 0.3) is 0 Å². The van der Waals surface area contributed by atoms with Crippen molar-refractivity contribution < 1.29 is 4.79 Å². The molecular formula is C16H26N4O. The Morgan fingerprint density at radius 3 is 3.05 bits per heavy atom. The molecule has 5 heteroatoms. The zero-order valence-corrected chi connectivity index (χ0v) is 13.4. The second-order valence-corrected chi connectivity index (χ2v) is 5.85. The van der Waals surface area contributed by atoms with Crippen LogP contribution in [0.5, 0.6) is 0 Å². The van der Waals surface area contributed by atoms with Crippen molar-refractivity contribution in [3.05, 3.63) is 17.6 Å². The first-order chi connectivity index (χ1) is 10.1. The first-order valence-corrected chi connectivity index (χ1v) is 7.94. The van der Waals surface area contributed by atoms with E-state index in [0.717, 1.165) is 62.5 Å². The fourth-order valence-corrected chi connectivity index (χ4v) is 2.74. The normalized spacial score (nSPS) is 18.6. The minimum atomic E-state index is 0.0670. The van der Waals surface area contributed by atoms with E-state index >= 15 is 0 Å². The molecule has 1 atom stereocenters. The number of amides is 1. The molecule has 1 aromatic heterocycles. The van der Waals surface area contributed by atoms with Gasteiger partial charge < -0.3 is 10.2 Å². The van der Waals surface area contributed by atoms with Gasteiger partial charge in [-0.2, -0.15) is 0 Å². The third kappa shape index (κ3) is 4.16. The van der Waals surface area contributed by atoms with Crippen LogP contribution in [-0.4, -0.2) is 35.5 Å². The molecule has 1 unspecified atom stereocenters. The van der Waals surface area contributed by atoms with Gasteiger partial charge in [-0.25, -0.2) is 4.98 Å². The second-order valence-electron chi connectivity index (χ2n) is 5.85. The van der Waals surface area contributed by atoms with Crippen LogP contribution in [0.15, 0.2) is 6.20 Å². The van der Waals surface area contributed by atoms with E-state index in [9.17, 15) is 4.79 Å². The molecule has 5 nitrogen and oxygen atoms in total. The highest BCUT2D eigenvalue weighted by Crippen LogP contribution is 2.23. The van der Waals surface area contributed by atoms with Gasteiger partial charge in [-0.1, -0.05) is 13.3 Å². The molecule has 21 heavy (non-hydrogen) atoms. The van der Waals surface area contributed by atoms with Crippen molar-refractivity contribution >= 4 is 11.7 Å². The van der Waals surface area contributed by atoms with Crippen LogP contribution in [-0.2, 0) is 4.79 Å². The lowest BCUT2D eigenvalue weighted by Gasteiger charge is -2.33. The van der Waals surface area contributed by atoms with Gasteiger partial charge in [0.2, 0.25) is 5.91 Å². The molecule has 0 aromatic carbocycles. The predicted molar refractivity (Wildman–Crippen MR) is 84.4 cm³/mol. The fourth-order valence-electron chi connectivity index (χ4n) is 2.74. The van der Waals surface area contributed by atoms with Crippen molar-refractivity contribution in [1.29, 1.82) is 0 Å². The maximum atomic E-state index is 12.2. The number of nitrogens with one attached hydrogen (secondary N) is 1. The SMILES string of the molecule is CCCCNC(=O)C1CCCN(c2nc(C)cnc2C)C1. The molecule has 0 spiro atoms. The Morgan fingerprint density at radius 1 is 1.48 bits per heavy atom. The average Bonchev–Trinajstić information content (AvgIpc) is 2.50. The van der Waals surface area contributed by atoms with Crippen LogP contribution in [0.1, 0.15) is 44.0 Å². The predicted octanol–water partition coefficient (Wildman–Crippen LogP) is 2.23. The number of aromatic nitrogens is 2. The molecule has 116 valence electrons. The summed E-state index contributed by atoms with van der Waals surface area (Å²) in [5.41, 5.74) is 1.86. The number of aryl methyl sites for hydroxylation is 2. The zero-order valence-electron chi connectivity index (χ0n) is 13.4. The molecule has 1 N–H and O–H groups in total. The zero-order chi connectivity index (χ0) is 15.2. The molecule has 0 aliphatic carbocycles. The number of anilines is 1. The summed E-state index contributed by atoms with van der Waals surface area (Å²) in [5.74, 6) is 1.18. The monoisotopic (exact) mass is 290 g/mol. The summed E-state index contributed by atoms with van der Waals surface area (Å²) in [6.07, 6.45) is 5.94. The lowest BCUT2D eigenvalue weighted by molar-refractivity contribution is -0.125. The van der Waals surface area contributed by atoms with E-state index in [1.807, 2.05) is 13.8 Å². The van der Waals surface area contributed by atoms with E-state index in [1.54, 1.807) is 6.20 Å². The lowest BCUT2D eigenvalue weighted by Crippen LogP contribution is -2.44. The van der Waals surface area contributed by atoms with E-state index in [0.29, 0.717) is 0 Å². The van der Waals surface area contributed by atoms with Crippen LogP contribution in [0.3, 0.4) is 0 Å². The van der Waals surface area contributed by atoms with Gasteiger partial charge in [0.05, 0.1) is 17.3 Å². The van der Waals surface area contributed by atoms with Gasteiger partial charge >= 0.3 is 0 Å². The van der Waals surface area contributed by atoms with Gasteiger partial charge in [0, 0.05) is 25.8 Å². The third-order valence-electron chi connectivity index (χ3n) is 3.97. The molecule has 1 fully saturated rings. The minimum Gasteiger partial charge on any atom is -0.356 e. The van der Waals surface area contributed by atoms with Crippen LogP contribution in [0, 0.1) is 19.8 Å². The third-order valence-corrected chi connectivity index (χ3v) is 3.97. The number of carbonyl (C=O) groups excluding carboxylic acids is 1.